The number of ether oxygens (including phenoxy) is 1. The van der Waals surface area contributed by atoms with E-state index in [9.17, 15) is 4.79 Å². The van der Waals surface area contributed by atoms with Crippen LogP contribution in [0.25, 0.3) is 0 Å². The quantitative estimate of drug-likeness (QED) is 0.409. The van der Waals surface area contributed by atoms with Crippen LogP contribution in [0.2, 0.25) is 0 Å². The van der Waals surface area contributed by atoms with Crippen molar-refractivity contribution in [2.24, 2.45) is 0 Å². The molecule has 0 heterocycles. The Morgan fingerprint density at radius 1 is 1.43 bits per heavy atom. The minimum absolute atomic E-state index is 0.362. The Hall–Kier alpha value is -1.55. The van der Waals surface area contributed by atoms with Gasteiger partial charge < -0.3 is 9.62 Å². The average molecular weight is 196 g/mol. The minimum atomic E-state index is 0.362. The summed E-state index contributed by atoms with van der Waals surface area (Å²) in [7, 11) is 1.54. The van der Waals surface area contributed by atoms with Crippen LogP contribution in [0.5, 0.6) is 11.5 Å². The van der Waals surface area contributed by atoms with E-state index in [2.05, 4.69) is 0 Å². The van der Waals surface area contributed by atoms with Crippen molar-refractivity contribution in [2.75, 3.05) is 13.7 Å². The third-order valence-corrected chi connectivity index (χ3v) is 1.61. The zero-order valence-electron chi connectivity index (χ0n) is 8.15. The average Bonchev–Trinajstić information content (AvgIpc) is 2.25. The molecular weight excluding hydrogens is 184 g/mol. The summed E-state index contributed by atoms with van der Waals surface area (Å²) < 4.78 is 4.98. The highest BCUT2D eigenvalue weighted by Gasteiger charge is 2.05. The lowest BCUT2D eigenvalue weighted by Crippen LogP contribution is -1.99. The maximum atomic E-state index is 10.6. The zero-order valence-corrected chi connectivity index (χ0v) is 8.15. The molecule has 0 aliphatic carbocycles. The summed E-state index contributed by atoms with van der Waals surface area (Å²) in [6, 6.07) is 4.89. The van der Waals surface area contributed by atoms with E-state index in [1.54, 1.807) is 32.2 Å². The van der Waals surface area contributed by atoms with E-state index in [0.29, 0.717) is 30.0 Å². The van der Waals surface area contributed by atoms with Gasteiger partial charge >= 0.3 is 0 Å². The van der Waals surface area contributed by atoms with Crippen LogP contribution in [-0.2, 0) is 4.89 Å². The van der Waals surface area contributed by atoms with Crippen molar-refractivity contribution < 1.29 is 19.3 Å². The van der Waals surface area contributed by atoms with E-state index in [-0.39, 0.29) is 0 Å². The number of hydrogen-bond donors (Lipinski definition) is 0. The molecule has 76 valence electrons. The van der Waals surface area contributed by atoms with Crippen LogP contribution in [0, 0.1) is 0 Å². The lowest BCUT2D eigenvalue weighted by molar-refractivity contribution is -0.202. The standard InChI is InChI=1S/C10H12O4/c1-3-13-14-10-6-9(12-2)5-4-8(10)7-11/h4-7H,3H2,1-2H3. The molecule has 0 saturated carbocycles. The second kappa shape index (κ2) is 5.24. The molecule has 14 heavy (non-hydrogen) atoms. The van der Waals surface area contributed by atoms with E-state index in [1.165, 1.54) is 0 Å². The Labute approximate surface area is 82.3 Å². The Morgan fingerprint density at radius 3 is 2.79 bits per heavy atom. The van der Waals surface area contributed by atoms with Crippen molar-refractivity contribution in [2.45, 2.75) is 6.92 Å². The largest absolute Gasteiger partial charge is 0.497 e. The van der Waals surface area contributed by atoms with E-state index in [0.717, 1.165) is 0 Å². The molecule has 1 aromatic rings. The van der Waals surface area contributed by atoms with Gasteiger partial charge in [0.05, 0.1) is 19.3 Å². The summed E-state index contributed by atoms with van der Waals surface area (Å²) in [6.07, 6.45) is 0.702. The van der Waals surface area contributed by atoms with E-state index in [1.807, 2.05) is 0 Å². The normalized spacial score (nSPS) is 9.57. The van der Waals surface area contributed by atoms with Crippen molar-refractivity contribution in [3.05, 3.63) is 23.8 Å². The number of rotatable bonds is 5. The summed E-state index contributed by atoms with van der Waals surface area (Å²) in [6.45, 7) is 2.20. The Balaban J connectivity index is 2.90. The van der Waals surface area contributed by atoms with Gasteiger partial charge in [-0.05, 0) is 19.1 Å². The van der Waals surface area contributed by atoms with Crippen molar-refractivity contribution in [3.8, 4) is 11.5 Å². The monoisotopic (exact) mass is 196 g/mol. The van der Waals surface area contributed by atoms with Crippen LogP contribution in [0.15, 0.2) is 18.2 Å². The first-order valence-corrected chi connectivity index (χ1v) is 4.24. The Kier molecular flexibility index (Phi) is 3.94. The van der Waals surface area contributed by atoms with Crippen molar-refractivity contribution >= 4 is 6.29 Å². The molecule has 0 amide bonds. The fraction of sp³-hybridized carbons (Fsp3) is 0.300. The molecule has 0 aromatic heterocycles. The summed E-state index contributed by atoms with van der Waals surface area (Å²) >= 11 is 0. The fourth-order valence-electron chi connectivity index (χ4n) is 0.934. The van der Waals surface area contributed by atoms with Crippen LogP contribution in [0.4, 0.5) is 0 Å². The molecule has 1 rings (SSSR count). The molecule has 4 nitrogen and oxygen atoms in total. The van der Waals surface area contributed by atoms with Crippen LogP contribution in [0.3, 0.4) is 0 Å². The van der Waals surface area contributed by atoms with Gasteiger partial charge in [-0.15, -0.1) is 0 Å². The lowest BCUT2D eigenvalue weighted by Gasteiger charge is -2.07. The van der Waals surface area contributed by atoms with Gasteiger partial charge in [0.2, 0.25) is 0 Å². The number of carbonyl (C=O) groups excluding carboxylic acids is 1. The molecule has 0 fully saturated rings. The predicted octanol–water partition coefficient (Wildman–Crippen LogP) is 1.84. The Morgan fingerprint density at radius 2 is 2.21 bits per heavy atom. The third-order valence-electron chi connectivity index (χ3n) is 1.61. The van der Waals surface area contributed by atoms with E-state index in [4.69, 9.17) is 14.5 Å². The molecule has 0 bridgehead atoms. The van der Waals surface area contributed by atoms with Gasteiger partial charge in [0, 0.05) is 6.07 Å². The number of methoxy groups -OCH3 is 1. The molecule has 0 N–H and O–H groups in total. The smallest absolute Gasteiger partial charge is 0.179 e. The van der Waals surface area contributed by atoms with Crippen molar-refractivity contribution in [3.63, 3.8) is 0 Å². The third kappa shape index (κ3) is 2.47. The van der Waals surface area contributed by atoms with Crippen molar-refractivity contribution in [1.29, 1.82) is 0 Å². The predicted molar refractivity (Wildman–Crippen MR) is 50.6 cm³/mol. The van der Waals surface area contributed by atoms with E-state index < -0.39 is 0 Å². The van der Waals surface area contributed by atoms with Gasteiger partial charge in [-0.3, -0.25) is 4.79 Å². The number of aldehydes is 1. The van der Waals surface area contributed by atoms with Gasteiger partial charge in [-0.2, -0.15) is 4.89 Å². The first-order valence-electron chi connectivity index (χ1n) is 4.24. The van der Waals surface area contributed by atoms with Gasteiger partial charge in [0.15, 0.2) is 12.0 Å². The maximum Gasteiger partial charge on any atom is 0.179 e. The van der Waals surface area contributed by atoms with Crippen LogP contribution in [-0.4, -0.2) is 20.0 Å². The number of hydrogen-bond acceptors (Lipinski definition) is 4. The molecule has 0 aliphatic heterocycles. The lowest BCUT2D eigenvalue weighted by atomic mass is 10.2. The molecule has 1 aromatic carbocycles. The second-order valence-electron chi connectivity index (χ2n) is 2.51. The molecule has 0 spiro atoms. The van der Waals surface area contributed by atoms with Crippen LogP contribution >= 0.6 is 0 Å². The molecule has 0 saturated heterocycles. The van der Waals surface area contributed by atoms with Crippen LogP contribution in [0.1, 0.15) is 17.3 Å². The van der Waals surface area contributed by atoms with Gasteiger partial charge in [-0.1, -0.05) is 0 Å². The minimum Gasteiger partial charge on any atom is -0.497 e. The summed E-state index contributed by atoms with van der Waals surface area (Å²) in [4.78, 5) is 20.3. The molecule has 0 aliphatic rings. The molecular formula is C10H12O4. The van der Waals surface area contributed by atoms with Gasteiger partial charge in [0.1, 0.15) is 5.75 Å². The first-order chi connectivity index (χ1) is 6.81. The van der Waals surface area contributed by atoms with Crippen molar-refractivity contribution in [1.82, 2.24) is 0 Å². The number of carbonyl (C=O) groups is 1. The molecule has 0 radical (unpaired) electrons. The molecule has 4 heteroatoms. The maximum absolute atomic E-state index is 10.6. The molecule has 0 atom stereocenters. The SMILES string of the molecule is CCOOc1cc(OC)ccc1C=O. The number of benzene rings is 1. The highest BCUT2D eigenvalue weighted by molar-refractivity contribution is 5.79. The first kappa shape index (κ1) is 10.5. The Bertz CT molecular complexity index is 309. The summed E-state index contributed by atoms with van der Waals surface area (Å²) in [5.41, 5.74) is 0.430. The fourth-order valence-corrected chi connectivity index (χ4v) is 0.934. The summed E-state index contributed by atoms with van der Waals surface area (Å²) in [5, 5.41) is 0. The summed E-state index contributed by atoms with van der Waals surface area (Å²) in [5.74, 6) is 0.978. The van der Waals surface area contributed by atoms with Gasteiger partial charge in [0.25, 0.3) is 0 Å². The van der Waals surface area contributed by atoms with Crippen LogP contribution < -0.4 is 9.62 Å². The zero-order chi connectivity index (χ0) is 10.4. The topological polar surface area (TPSA) is 44.8 Å². The second-order valence-corrected chi connectivity index (χ2v) is 2.51. The molecule has 0 unspecified atom stereocenters. The van der Waals surface area contributed by atoms with Gasteiger partial charge in [-0.25, -0.2) is 0 Å². The highest BCUT2D eigenvalue weighted by Crippen LogP contribution is 2.23. The van der Waals surface area contributed by atoms with E-state index >= 15 is 0 Å². The highest BCUT2D eigenvalue weighted by atomic mass is 17.2.